The Kier molecular flexibility index (Phi) is 4.15. The number of alkyl halides is 1. The SMILES string of the molecule is Cc1cccc(N(C)c2ccc(CCl)c(Cl)c2)c1. The van der Waals surface area contributed by atoms with Gasteiger partial charge in [-0.2, -0.15) is 0 Å². The third kappa shape index (κ3) is 2.80. The lowest BCUT2D eigenvalue weighted by Gasteiger charge is -2.20. The first-order chi connectivity index (χ1) is 8.61. The number of nitrogens with zero attached hydrogens (tertiary/aromatic N) is 1. The lowest BCUT2D eigenvalue weighted by atomic mass is 10.1. The van der Waals surface area contributed by atoms with Gasteiger partial charge in [-0.25, -0.2) is 0 Å². The maximum atomic E-state index is 6.18. The summed E-state index contributed by atoms with van der Waals surface area (Å²) >= 11 is 12.0. The molecule has 1 nitrogen and oxygen atoms in total. The first-order valence-corrected chi connectivity index (χ1v) is 6.68. The molecule has 0 N–H and O–H groups in total. The van der Waals surface area contributed by atoms with Crippen LogP contribution >= 0.6 is 23.2 Å². The third-order valence-electron chi connectivity index (χ3n) is 2.96. The Morgan fingerprint density at radius 3 is 2.39 bits per heavy atom. The number of aryl methyl sites for hydroxylation is 1. The molecule has 18 heavy (non-hydrogen) atoms. The van der Waals surface area contributed by atoms with Gasteiger partial charge in [-0.15, -0.1) is 11.6 Å². The van der Waals surface area contributed by atoms with Crippen LogP contribution in [-0.4, -0.2) is 7.05 Å². The van der Waals surface area contributed by atoms with Crippen molar-refractivity contribution in [1.29, 1.82) is 0 Å². The van der Waals surface area contributed by atoms with Crippen LogP contribution in [0.1, 0.15) is 11.1 Å². The second kappa shape index (κ2) is 5.64. The Morgan fingerprint density at radius 2 is 1.78 bits per heavy atom. The number of benzene rings is 2. The molecule has 0 spiro atoms. The lowest BCUT2D eigenvalue weighted by molar-refractivity contribution is 1.20. The van der Waals surface area contributed by atoms with E-state index in [1.54, 1.807) is 0 Å². The van der Waals surface area contributed by atoms with Gasteiger partial charge in [0.2, 0.25) is 0 Å². The zero-order valence-electron chi connectivity index (χ0n) is 10.5. The van der Waals surface area contributed by atoms with Crippen LogP contribution in [0.3, 0.4) is 0 Å². The standard InChI is InChI=1S/C15H15Cl2N/c1-11-4-3-5-13(8-11)18(2)14-7-6-12(10-16)15(17)9-14/h3-9H,10H2,1-2H3. The Morgan fingerprint density at radius 1 is 1.06 bits per heavy atom. The Labute approximate surface area is 118 Å². The van der Waals surface area contributed by atoms with Gasteiger partial charge in [0, 0.05) is 29.3 Å². The predicted octanol–water partition coefficient (Wildman–Crippen LogP) is 5.16. The molecule has 0 aromatic heterocycles. The first-order valence-electron chi connectivity index (χ1n) is 5.76. The minimum absolute atomic E-state index is 0.438. The number of anilines is 2. The molecular formula is C15H15Cl2N. The topological polar surface area (TPSA) is 3.24 Å². The van der Waals surface area contributed by atoms with Crippen molar-refractivity contribution in [2.75, 3.05) is 11.9 Å². The first kappa shape index (κ1) is 13.3. The molecule has 0 fully saturated rings. The summed E-state index contributed by atoms with van der Waals surface area (Å²) in [5.41, 5.74) is 4.40. The van der Waals surface area contributed by atoms with Crippen molar-refractivity contribution < 1.29 is 0 Å². The quantitative estimate of drug-likeness (QED) is 0.702. The van der Waals surface area contributed by atoms with Gasteiger partial charge in [-0.3, -0.25) is 0 Å². The minimum Gasteiger partial charge on any atom is -0.345 e. The molecule has 0 saturated carbocycles. The molecule has 0 aliphatic rings. The van der Waals surface area contributed by atoms with Gasteiger partial charge in [-0.1, -0.05) is 29.8 Å². The number of hydrogen-bond acceptors (Lipinski definition) is 1. The second-order valence-corrected chi connectivity index (χ2v) is 4.98. The highest BCUT2D eigenvalue weighted by Crippen LogP contribution is 2.29. The number of halogens is 2. The van der Waals surface area contributed by atoms with Crippen LogP contribution in [0.2, 0.25) is 5.02 Å². The molecule has 94 valence electrons. The highest BCUT2D eigenvalue weighted by Gasteiger charge is 2.06. The van der Waals surface area contributed by atoms with E-state index < -0.39 is 0 Å². The van der Waals surface area contributed by atoms with Crippen LogP contribution in [0.5, 0.6) is 0 Å². The van der Waals surface area contributed by atoms with Crippen LogP contribution in [-0.2, 0) is 5.88 Å². The summed E-state index contributed by atoms with van der Waals surface area (Å²) in [6.07, 6.45) is 0. The molecule has 2 aromatic carbocycles. The smallest absolute Gasteiger partial charge is 0.0488 e. The highest BCUT2D eigenvalue weighted by molar-refractivity contribution is 6.32. The molecule has 0 amide bonds. The zero-order chi connectivity index (χ0) is 13.1. The van der Waals surface area contributed by atoms with Crippen molar-refractivity contribution in [2.45, 2.75) is 12.8 Å². The molecular weight excluding hydrogens is 265 g/mol. The van der Waals surface area contributed by atoms with Gasteiger partial charge >= 0.3 is 0 Å². The van der Waals surface area contributed by atoms with Crippen molar-refractivity contribution >= 4 is 34.6 Å². The Hall–Kier alpha value is -1.18. The van der Waals surface area contributed by atoms with Crippen LogP contribution < -0.4 is 4.90 Å². The monoisotopic (exact) mass is 279 g/mol. The molecule has 0 aliphatic heterocycles. The summed E-state index contributed by atoms with van der Waals surface area (Å²) in [6, 6.07) is 14.3. The van der Waals surface area contributed by atoms with Gasteiger partial charge in [0.25, 0.3) is 0 Å². The number of hydrogen-bond donors (Lipinski definition) is 0. The summed E-state index contributed by atoms with van der Waals surface area (Å²) in [6.45, 7) is 2.08. The average molecular weight is 280 g/mol. The van der Waals surface area contributed by atoms with Crippen molar-refractivity contribution in [1.82, 2.24) is 0 Å². The molecule has 0 heterocycles. The van der Waals surface area contributed by atoms with Crippen LogP contribution in [0.15, 0.2) is 42.5 Å². The molecule has 0 unspecified atom stereocenters. The average Bonchev–Trinajstić information content (AvgIpc) is 2.37. The Balaban J connectivity index is 2.34. The van der Waals surface area contributed by atoms with Crippen molar-refractivity contribution in [3.05, 3.63) is 58.6 Å². The van der Waals surface area contributed by atoms with Crippen molar-refractivity contribution in [3.63, 3.8) is 0 Å². The van der Waals surface area contributed by atoms with Gasteiger partial charge < -0.3 is 4.90 Å². The molecule has 0 saturated heterocycles. The molecule has 0 bridgehead atoms. The van der Waals surface area contributed by atoms with E-state index in [1.165, 1.54) is 5.56 Å². The minimum atomic E-state index is 0.438. The van der Waals surface area contributed by atoms with Gasteiger partial charge in [0.15, 0.2) is 0 Å². The zero-order valence-corrected chi connectivity index (χ0v) is 12.0. The molecule has 2 rings (SSSR count). The van der Waals surface area contributed by atoms with Crippen LogP contribution in [0.25, 0.3) is 0 Å². The third-order valence-corrected chi connectivity index (χ3v) is 3.60. The molecule has 0 atom stereocenters. The summed E-state index contributed by atoms with van der Waals surface area (Å²) in [5, 5.41) is 0.710. The van der Waals surface area contributed by atoms with E-state index in [0.717, 1.165) is 16.9 Å². The normalized spacial score (nSPS) is 10.4. The summed E-state index contributed by atoms with van der Waals surface area (Å²) < 4.78 is 0. The van der Waals surface area contributed by atoms with Crippen molar-refractivity contribution in [2.24, 2.45) is 0 Å². The highest BCUT2D eigenvalue weighted by atomic mass is 35.5. The van der Waals surface area contributed by atoms with Gasteiger partial charge in [0.05, 0.1) is 0 Å². The summed E-state index contributed by atoms with van der Waals surface area (Å²) in [5.74, 6) is 0.438. The summed E-state index contributed by atoms with van der Waals surface area (Å²) in [7, 11) is 2.03. The van der Waals surface area contributed by atoms with Crippen LogP contribution in [0.4, 0.5) is 11.4 Å². The predicted molar refractivity (Wildman–Crippen MR) is 80.3 cm³/mol. The fourth-order valence-corrected chi connectivity index (χ4v) is 2.38. The lowest BCUT2D eigenvalue weighted by Crippen LogP contribution is -2.09. The maximum absolute atomic E-state index is 6.18. The van der Waals surface area contributed by atoms with E-state index in [1.807, 2.05) is 25.2 Å². The van der Waals surface area contributed by atoms with Gasteiger partial charge in [0.1, 0.15) is 0 Å². The van der Waals surface area contributed by atoms with E-state index in [0.29, 0.717) is 10.9 Å². The number of rotatable bonds is 3. The van der Waals surface area contributed by atoms with Crippen LogP contribution in [0, 0.1) is 6.92 Å². The molecule has 3 heteroatoms. The largest absolute Gasteiger partial charge is 0.345 e. The molecule has 0 aliphatic carbocycles. The summed E-state index contributed by atoms with van der Waals surface area (Å²) in [4.78, 5) is 2.11. The fraction of sp³-hybridized carbons (Fsp3) is 0.200. The molecule has 2 aromatic rings. The molecule has 0 radical (unpaired) electrons. The fourth-order valence-electron chi connectivity index (χ4n) is 1.84. The van der Waals surface area contributed by atoms with E-state index >= 15 is 0 Å². The van der Waals surface area contributed by atoms with E-state index in [-0.39, 0.29) is 0 Å². The van der Waals surface area contributed by atoms with Gasteiger partial charge in [-0.05, 0) is 42.3 Å². The van der Waals surface area contributed by atoms with E-state index in [2.05, 4.69) is 36.1 Å². The van der Waals surface area contributed by atoms with E-state index in [4.69, 9.17) is 23.2 Å². The second-order valence-electron chi connectivity index (χ2n) is 4.31. The Bertz CT molecular complexity index is 552. The van der Waals surface area contributed by atoms with E-state index in [9.17, 15) is 0 Å². The maximum Gasteiger partial charge on any atom is 0.0488 e. The van der Waals surface area contributed by atoms with Crippen molar-refractivity contribution in [3.8, 4) is 0 Å².